The lowest BCUT2D eigenvalue weighted by Gasteiger charge is -2.19. The van der Waals surface area contributed by atoms with Crippen LogP contribution in [0.2, 0.25) is 0 Å². The number of aromatic nitrogens is 3. The van der Waals surface area contributed by atoms with E-state index in [4.69, 9.17) is 0 Å². The monoisotopic (exact) mass is 462 g/mol. The summed E-state index contributed by atoms with van der Waals surface area (Å²) in [5.74, 6) is -0.783. The van der Waals surface area contributed by atoms with Crippen LogP contribution < -0.4 is 0 Å². The molecule has 2 aromatic heterocycles. The molecule has 166 valence electrons. The average Bonchev–Trinajstić information content (AvgIpc) is 3.38. The molecule has 5 rings (SSSR count). The Bertz CT molecular complexity index is 1460. The van der Waals surface area contributed by atoms with Crippen molar-refractivity contribution in [2.24, 2.45) is 0 Å². The second-order valence-electron chi connectivity index (χ2n) is 7.91. The fourth-order valence-corrected chi connectivity index (χ4v) is 4.57. The van der Waals surface area contributed by atoms with E-state index in [2.05, 4.69) is 10.1 Å². The normalized spacial score (nSPS) is 13.2. The van der Waals surface area contributed by atoms with Gasteiger partial charge in [0.2, 0.25) is 0 Å². The molecule has 0 spiro atoms. The Kier molecular flexibility index (Phi) is 5.05. The summed E-state index contributed by atoms with van der Waals surface area (Å²) in [4.78, 5) is 19.3. The van der Waals surface area contributed by atoms with Gasteiger partial charge in [-0.15, -0.1) is 0 Å². The Balaban J connectivity index is 1.50. The number of amides is 1. The van der Waals surface area contributed by atoms with Crippen molar-refractivity contribution in [2.45, 2.75) is 18.0 Å². The van der Waals surface area contributed by atoms with E-state index < -0.39 is 15.7 Å². The summed E-state index contributed by atoms with van der Waals surface area (Å²) in [5, 5.41) is 4.57. The largest absolute Gasteiger partial charge is 0.328 e. The summed E-state index contributed by atoms with van der Waals surface area (Å²) in [7, 11) is -3.53. The predicted octanol–water partition coefficient (Wildman–Crippen LogP) is 3.63. The van der Waals surface area contributed by atoms with Crippen molar-refractivity contribution < 1.29 is 17.6 Å². The van der Waals surface area contributed by atoms with E-state index in [0.717, 1.165) is 23.2 Å². The Morgan fingerprint density at radius 1 is 1.06 bits per heavy atom. The molecule has 0 unspecified atom stereocenters. The molecule has 0 saturated heterocycles. The molecule has 0 fully saturated rings. The molecule has 1 amide bonds. The number of pyridine rings is 1. The van der Waals surface area contributed by atoms with Crippen molar-refractivity contribution in [1.82, 2.24) is 19.7 Å². The fourth-order valence-electron chi connectivity index (χ4n) is 3.93. The number of hydrogen-bond donors (Lipinski definition) is 0. The highest BCUT2D eigenvalue weighted by Crippen LogP contribution is 2.31. The van der Waals surface area contributed by atoms with Gasteiger partial charge < -0.3 is 4.90 Å². The zero-order valence-electron chi connectivity index (χ0n) is 17.6. The van der Waals surface area contributed by atoms with Crippen LogP contribution in [0.5, 0.6) is 0 Å². The third-order valence-electron chi connectivity index (χ3n) is 5.56. The average molecular weight is 463 g/mol. The smallest absolute Gasteiger partial charge is 0.255 e. The van der Waals surface area contributed by atoms with Gasteiger partial charge in [-0.05, 0) is 47.5 Å². The van der Waals surface area contributed by atoms with Crippen molar-refractivity contribution in [2.75, 3.05) is 6.26 Å². The number of carbonyl (C=O) groups excluding carboxylic acids is 1. The van der Waals surface area contributed by atoms with E-state index in [-0.39, 0.29) is 22.9 Å². The Morgan fingerprint density at radius 3 is 2.61 bits per heavy atom. The Morgan fingerprint density at radius 2 is 1.91 bits per heavy atom. The molecule has 0 bridgehead atoms. The molecule has 0 saturated carbocycles. The maximum absolute atomic E-state index is 13.9. The number of fused-ring (bicyclic) bond motifs is 1. The molecule has 2 aromatic carbocycles. The van der Waals surface area contributed by atoms with Gasteiger partial charge in [-0.25, -0.2) is 17.5 Å². The van der Waals surface area contributed by atoms with Crippen LogP contribution in [-0.2, 0) is 22.9 Å². The number of benzene rings is 2. The zero-order chi connectivity index (χ0) is 23.2. The van der Waals surface area contributed by atoms with Crippen LogP contribution in [0.3, 0.4) is 0 Å². The minimum Gasteiger partial charge on any atom is -0.328 e. The summed E-state index contributed by atoms with van der Waals surface area (Å²) in [6, 6.07) is 13.9. The number of halogens is 1. The van der Waals surface area contributed by atoms with Gasteiger partial charge >= 0.3 is 0 Å². The quantitative estimate of drug-likeness (QED) is 0.462. The molecule has 0 N–H and O–H groups in total. The van der Waals surface area contributed by atoms with Gasteiger partial charge in [0.15, 0.2) is 9.84 Å². The highest BCUT2D eigenvalue weighted by Gasteiger charge is 2.29. The molecular weight excluding hydrogens is 443 g/mol. The molecule has 0 atom stereocenters. The first-order valence-electron chi connectivity index (χ1n) is 10.2. The standard InChI is InChI=1S/C24H19FN4O3S/c1-33(31,32)20-7-8-21(16-4-2-5-18(25)10-16)22(11-20)24(30)28-13-17-14-29(27-23(17)15-28)19-6-3-9-26-12-19/h2-12,14H,13,15H2,1H3. The minimum absolute atomic E-state index is 0.0321. The van der Waals surface area contributed by atoms with E-state index in [1.807, 2.05) is 18.3 Å². The lowest BCUT2D eigenvalue weighted by Crippen LogP contribution is -2.26. The van der Waals surface area contributed by atoms with E-state index in [1.165, 1.54) is 24.3 Å². The summed E-state index contributed by atoms with van der Waals surface area (Å²) >= 11 is 0. The highest BCUT2D eigenvalue weighted by molar-refractivity contribution is 7.90. The maximum atomic E-state index is 13.9. The minimum atomic E-state index is -3.53. The second kappa shape index (κ2) is 7.93. The summed E-state index contributed by atoms with van der Waals surface area (Å²) in [6.07, 6.45) is 6.33. The van der Waals surface area contributed by atoms with Gasteiger partial charge in [0.1, 0.15) is 5.82 Å². The van der Waals surface area contributed by atoms with Crippen molar-refractivity contribution in [3.05, 3.63) is 95.8 Å². The van der Waals surface area contributed by atoms with Gasteiger partial charge in [0.05, 0.1) is 29.0 Å². The van der Waals surface area contributed by atoms with Crippen LogP contribution in [0.25, 0.3) is 16.8 Å². The molecule has 3 heterocycles. The molecule has 33 heavy (non-hydrogen) atoms. The molecule has 4 aromatic rings. The van der Waals surface area contributed by atoms with E-state index in [0.29, 0.717) is 17.7 Å². The van der Waals surface area contributed by atoms with Crippen molar-refractivity contribution in [1.29, 1.82) is 0 Å². The van der Waals surface area contributed by atoms with Crippen LogP contribution in [0.15, 0.2) is 78.1 Å². The summed E-state index contributed by atoms with van der Waals surface area (Å²) in [5.41, 5.74) is 3.65. The number of carbonyl (C=O) groups is 1. The lowest BCUT2D eigenvalue weighted by atomic mass is 9.98. The van der Waals surface area contributed by atoms with Crippen LogP contribution in [0.1, 0.15) is 21.6 Å². The molecule has 9 heteroatoms. The summed E-state index contributed by atoms with van der Waals surface area (Å²) in [6.45, 7) is 0.618. The Hall–Kier alpha value is -3.85. The molecule has 1 aliphatic rings. The van der Waals surface area contributed by atoms with Gasteiger partial charge in [-0.2, -0.15) is 5.10 Å². The number of hydrogen-bond acceptors (Lipinski definition) is 5. The molecule has 7 nitrogen and oxygen atoms in total. The first-order chi connectivity index (χ1) is 15.8. The van der Waals surface area contributed by atoms with Gasteiger partial charge in [0, 0.05) is 36.3 Å². The topological polar surface area (TPSA) is 85.2 Å². The van der Waals surface area contributed by atoms with Crippen molar-refractivity contribution in [3.63, 3.8) is 0 Å². The number of nitrogens with zero attached hydrogens (tertiary/aromatic N) is 4. The maximum Gasteiger partial charge on any atom is 0.255 e. The van der Waals surface area contributed by atoms with Crippen molar-refractivity contribution >= 4 is 15.7 Å². The van der Waals surface area contributed by atoms with Crippen LogP contribution in [0.4, 0.5) is 4.39 Å². The summed E-state index contributed by atoms with van der Waals surface area (Å²) < 4.78 is 39.9. The molecule has 0 radical (unpaired) electrons. The fraction of sp³-hybridized carbons (Fsp3) is 0.125. The van der Waals surface area contributed by atoms with Gasteiger partial charge in [0.25, 0.3) is 5.91 Å². The Labute approximate surface area is 190 Å². The molecular formula is C24H19FN4O3S. The van der Waals surface area contributed by atoms with Gasteiger partial charge in [-0.3, -0.25) is 9.78 Å². The predicted molar refractivity (Wildman–Crippen MR) is 120 cm³/mol. The molecule has 0 aliphatic carbocycles. The van der Waals surface area contributed by atoms with E-state index >= 15 is 0 Å². The number of sulfone groups is 1. The zero-order valence-corrected chi connectivity index (χ0v) is 18.5. The first-order valence-corrected chi connectivity index (χ1v) is 12.1. The first kappa shape index (κ1) is 21.0. The van der Waals surface area contributed by atoms with Gasteiger partial charge in [-0.1, -0.05) is 18.2 Å². The number of rotatable bonds is 4. The third-order valence-corrected chi connectivity index (χ3v) is 6.67. The van der Waals surface area contributed by atoms with Crippen LogP contribution in [0, 0.1) is 5.82 Å². The second-order valence-corrected chi connectivity index (χ2v) is 9.92. The van der Waals surface area contributed by atoms with Crippen molar-refractivity contribution in [3.8, 4) is 16.8 Å². The SMILES string of the molecule is CS(=O)(=O)c1ccc(-c2cccc(F)c2)c(C(=O)N2Cc3cn(-c4cccnc4)nc3C2)c1. The lowest BCUT2D eigenvalue weighted by molar-refractivity contribution is 0.0749. The van der Waals surface area contributed by atoms with E-state index in [9.17, 15) is 17.6 Å². The van der Waals surface area contributed by atoms with Crippen LogP contribution >= 0.6 is 0 Å². The highest BCUT2D eigenvalue weighted by atomic mass is 32.2. The van der Waals surface area contributed by atoms with Crippen LogP contribution in [-0.4, -0.2) is 40.2 Å². The van der Waals surface area contributed by atoms with E-state index in [1.54, 1.807) is 40.2 Å². The third kappa shape index (κ3) is 4.03. The molecule has 1 aliphatic heterocycles.